The molecule has 0 unspecified atom stereocenters. The molecule has 0 spiro atoms. The third-order valence-electron chi connectivity index (χ3n) is 2.49. The molecule has 5 nitrogen and oxygen atoms in total. The van der Waals surface area contributed by atoms with Crippen molar-refractivity contribution < 1.29 is 4.74 Å². The summed E-state index contributed by atoms with van der Waals surface area (Å²) < 4.78 is 5.91. The Kier molecular flexibility index (Phi) is 5.17. The Morgan fingerprint density at radius 2 is 2.00 bits per heavy atom. The van der Waals surface area contributed by atoms with Crippen LogP contribution in [0.25, 0.3) is 0 Å². The minimum absolute atomic E-state index is 0.352. The minimum Gasteiger partial charge on any atom is -0.377 e. The number of anilines is 3. The molecular formula is C13H14BrClN4O. The molecule has 7 heteroatoms. The van der Waals surface area contributed by atoms with E-state index in [1.54, 1.807) is 14.2 Å². The highest BCUT2D eigenvalue weighted by Gasteiger charge is 2.05. The van der Waals surface area contributed by atoms with Crippen molar-refractivity contribution in [2.75, 3.05) is 24.8 Å². The maximum absolute atomic E-state index is 6.07. The van der Waals surface area contributed by atoms with Gasteiger partial charge in [-0.25, -0.2) is 9.97 Å². The molecule has 0 aliphatic carbocycles. The molecule has 0 aliphatic rings. The van der Waals surface area contributed by atoms with E-state index in [4.69, 9.17) is 16.3 Å². The van der Waals surface area contributed by atoms with Crippen molar-refractivity contribution in [3.8, 4) is 0 Å². The van der Waals surface area contributed by atoms with E-state index in [1.807, 2.05) is 24.3 Å². The van der Waals surface area contributed by atoms with Gasteiger partial charge in [-0.3, -0.25) is 0 Å². The summed E-state index contributed by atoms with van der Waals surface area (Å²) in [6.45, 7) is 0.352. The molecule has 106 valence electrons. The lowest BCUT2D eigenvalue weighted by molar-refractivity contribution is 0.178. The van der Waals surface area contributed by atoms with Crippen molar-refractivity contribution in [2.24, 2.45) is 0 Å². The molecule has 0 atom stereocenters. The number of ether oxygens (including phenoxy) is 1. The first-order chi connectivity index (χ1) is 9.62. The number of rotatable bonds is 5. The molecule has 0 amide bonds. The number of halogens is 2. The van der Waals surface area contributed by atoms with Gasteiger partial charge in [0.1, 0.15) is 18.2 Å². The Morgan fingerprint density at radius 3 is 2.65 bits per heavy atom. The summed E-state index contributed by atoms with van der Waals surface area (Å²) in [5, 5.41) is 6.82. The van der Waals surface area contributed by atoms with Gasteiger partial charge in [-0.05, 0) is 34.1 Å². The number of hydrogen-bond acceptors (Lipinski definition) is 5. The fourth-order valence-corrected chi connectivity index (χ4v) is 2.03. The monoisotopic (exact) mass is 356 g/mol. The van der Waals surface area contributed by atoms with Gasteiger partial charge in [-0.1, -0.05) is 11.6 Å². The van der Waals surface area contributed by atoms with E-state index in [-0.39, 0.29) is 0 Å². The molecule has 2 N–H and O–H groups in total. The van der Waals surface area contributed by atoms with E-state index < -0.39 is 0 Å². The molecule has 20 heavy (non-hydrogen) atoms. The van der Waals surface area contributed by atoms with Gasteiger partial charge in [0.05, 0.1) is 5.02 Å². The lowest BCUT2D eigenvalue weighted by Crippen LogP contribution is -2.04. The molecule has 1 aromatic carbocycles. The van der Waals surface area contributed by atoms with E-state index in [0.29, 0.717) is 23.3 Å². The fraction of sp³-hybridized carbons (Fsp3) is 0.231. The Morgan fingerprint density at radius 1 is 1.25 bits per heavy atom. The molecule has 0 fully saturated rings. The highest BCUT2D eigenvalue weighted by molar-refractivity contribution is 9.10. The number of hydrogen-bond donors (Lipinski definition) is 2. The minimum atomic E-state index is 0.352. The van der Waals surface area contributed by atoms with Crippen molar-refractivity contribution in [3.63, 3.8) is 0 Å². The van der Waals surface area contributed by atoms with Gasteiger partial charge >= 0.3 is 0 Å². The molecule has 0 bridgehead atoms. The summed E-state index contributed by atoms with van der Waals surface area (Å²) in [5.41, 5.74) is 0.849. The van der Waals surface area contributed by atoms with Crippen LogP contribution in [-0.2, 0) is 11.3 Å². The third kappa shape index (κ3) is 3.82. The highest BCUT2D eigenvalue weighted by atomic mass is 79.9. The van der Waals surface area contributed by atoms with Gasteiger partial charge in [0.2, 0.25) is 0 Å². The summed E-state index contributed by atoms with van der Waals surface area (Å²) in [6.07, 6.45) is 0. The van der Waals surface area contributed by atoms with Crippen molar-refractivity contribution in [1.29, 1.82) is 0 Å². The van der Waals surface area contributed by atoms with Crippen LogP contribution in [0.5, 0.6) is 0 Å². The number of benzene rings is 1. The van der Waals surface area contributed by atoms with Crippen molar-refractivity contribution in [2.45, 2.75) is 6.61 Å². The predicted octanol–water partition coefficient (Wildman–Crippen LogP) is 3.82. The second-order valence-electron chi connectivity index (χ2n) is 3.99. The van der Waals surface area contributed by atoms with Gasteiger partial charge in [0.25, 0.3) is 0 Å². The Labute approximate surface area is 130 Å². The van der Waals surface area contributed by atoms with Gasteiger partial charge in [0.15, 0.2) is 5.82 Å². The van der Waals surface area contributed by atoms with E-state index in [9.17, 15) is 0 Å². The topological polar surface area (TPSA) is 59.1 Å². The van der Waals surface area contributed by atoms with E-state index >= 15 is 0 Å². The molecule has 0 aliphatic heterocycles. The van der Waals surface area contributed by atoms with Crippen molar-refractivity contribution >= 4 is 44.9 Å². The lowest BCUT2D eigenvalue weighted by Gasteiger charge is -2.10. The van der Waals surface area contributed by atoms with Crippen LogP contribution in [0.15, 0.2) is 28.7 Å². The molecule has 2 aromatic rings. The number of aromatic nitrogens is 2. The first-order valence-corrected chi connectivity index (χ1v) is 7.06. The molecule has 0 saturated carbocycles. The zero-order chi connectivity index (χ0) is 14.5. The summed E-state index contributed by atoms with van der Waals surface area (Å²) in [7, 11) is 3.41. The third-order valence-corrected chi connectivity index (χ3v) is 3.73. The van der Waals surface area contributed by atoms with Gasteiger partial charge in [0, 0.05) is 30.4 Å². The molecular weight excluding hydrogens is 344 g/mol. The average Bonchev–Trinajstić information content (AvgIpc) is 2.43. The van der Waals surface area contributed by atoms with Crippen LogP contribution in [0.2, 0.25) is 5.02 Å². The second kappa shape index (κ2) is 6.88. The summed E-state index contributed by atoms with van der Waals surface area (Å²) in [4.78, 5) is 8.67. The Balaban J connectivity index is 2.27. The quantitative estimate of drug-likeness (QED) is 0.852. The van der Waals surface area contributed by atoms with Crippen LogP contribution in [-0.4, -0.2) is 24.1 Å². The zero-order valence-corrected chi connectivity index (χ0v) is 13.4. The van der Waals surface area contributed by atoms with E-state index in [2.05, 4.69) is 36.5 Å². The van der Waals surface area contributed by atoms with Crippen LogP contribution < -0.4 is 10.6 Å². The predicted molar refractivity (Wildman–Crippen MR) is 84.7 cm³/mol. The lowest BCUT2D eigenvalue weighted by atomic mass is 10.3. The van der Waals surface area contributed by atoms with Gasteiger partial charge < -0.3 is 15.4 Å². The van der Waals surface area contributed by atoms with Crippen LogP contribution in [0.1, 0.15) is 5.82 Å². The van der Waals surface area contributed by atoms with Crippen LogP contribution in [0.4, 0.5) is 17.3 Å². The smallest absolute Gasteiger partial charge is 0.158 e. The summed E-state index contributed by atoms with van der Waals surface area (Å²) in [5.74, 6) is 2.00. The first-order valence-electron chi connectivity index (χ1n) is 5.89. The molecule has 2 rings (SSSR count). The summed E-state index contributed by atoms with van der Waals surface area (Å²) in [6, 6.07) is 7.42. The largest absolute Gasteiger partial charge is 0.377 e. The second-order valence-corrected chi connectivity index (χ2v) is 5.25. The van der Waals surface area contributed by atoms with Crippen molar-refractivity contribution in [3.05, 3.63) is 39.6 Å². The van der Waals surface area contributed by atoms with Gasteiger partial charge in [-0.2, -0.15) is 0 Å². The summed E-state index contributed by atoms with van der Waals surface area (Å²) >= 11 is 9.43. The van der Waals surface area contributed by atoms with Gasteiger partial charge in [-0.15, -0.1) is 0 Å². The average molecular weight is 358 g/mol. The standard InChI is InChI=1S/C13H14BrClN4O/c1-16-11-6-12(19-13(18-11)7-20-2)17-8-3-4-9(14)10(15)5-8/h3-6H,7H2,1-2H3,(H2,16,17,18,19). The van der Waals surface area contributed by atoms with Crippen molar-refractivity contribution in [1.82, 2.24) is 9.97 Å². The van der Waals surface area contributed by atoms with E-state index in [0.717, 1.165) is 16.0 Å². The van der Waals surface area contributed by atoms with E-state index in [1.165, 1.54) is 0 Å². The molecule has 1 aromatic heterocycles. The molecule has 0 radical (unpaired) electrons. The highest BCUT2D eigenvalue weighted by Crippen LogP contribution is 2.27. The number of nitrogens with zero attached hydrogens (tertiary/aromatic N) is 2. The van der Waals surface area contributed by atoms with Crippen LogP contribution in [0.3, 0.4) is 0 Å². The van der Waals surface area contributed by atoms with Crippen LogP contribution in [0, 0.1) is 0 Å². The Bertz CT molecular complexity index is 609. The van der Waals surface area contributed by atoms with Crippen LogP contribution >= 0.6 is 27.5 Å². The zero-order valence-electron chi connectivity index (χ0n) is 11.1. The number of nitrogens with one attached hydrogen (secondary N) is 2. The maximum atomic E-state index is 6.07. The normalized spacial score (nSPS) is 10.4. The maximum Gasteiger partial charge on any atom is 0.158 e. The molecule has 1 heterocycles. The number of methoxy groups -OCH3 is 1. The SMILES string of the molecule is CNc1cc(Nc2ccc(Br)c(Cl)c2)nc(COC)n1. The Hall–Kier alpha value is -1.37. The molecule has 0 saturated heterocycles. The fourth-order valence-electron chi connectivity index (χ4n) is 1.60. The first kappa shape index (κ1) is 15.0.